The first-order valence-corrected chi connectivity index (χ1v) is 6.05. The Hall–Kier alpha value is -2.57. The third kappa shape index (κ3) is 3.31. The lowest BCUT2D eigenvalue weighted by Gasteiger charge is -2.09. The van der Waals surface area contributed by atoms with E-state index in [-0.39, 0.29) is 23.5 Å². The lowest BCUT2D eigenvalue weighted by atomic mass is 10.2. The molecule has 0 radical (unpaired) electrons. The summed E-state index contributed by atoms with van der Waals surface area (Å²) in [7, 11) is 0. The highest BCUT2D eigenvalue weighted by Crippen LogP contribution is 2.23. The molecule has 0 unspecified atom stereocenters. The van der Waals surface area contributed by atoms with Crippen LogP contribution in [-0.2, 0) is 4.74 Å². The van der Waals surface area contributed by atoms with Crippen molar-refractivity contribution in [1.29, 1.82) is 0 Å². The van der Waals surface area contributed by atoms with E-state index in [0.29, 0.717) is 0 Å². The Morgan fingerprint density at radius 1 is 1.24 bits per heavy atom. The second kappa shape index (κ2) is 6.25. The van der Waals surface area contributed by atoms with Crippen LogP contribution in [0, 0.1) is 17.5 Å². The van der Waals surface area contributed by atoms with Crippen molar-refractivity contribution in [3.63, 3.8) is 0 Å². The van der Waals surface area contributed by atoms with Gasteiger partial charge in [-0.25, -0.2) is 18.0 Å². The molecule has 1 aromatic carbocycles. The number of nitrogens with one attached hydrogen (secondary N) is 1. The summed E-state index contributed by atoms with van der Waals surface area (Å²) in [5.41, 5.74) is 0.131. The summed E-state index contributed by atoms with van der Waals surface area (Å²) < 4.78 is 44.3. The predicted molar refractivity (Wildman–Crippen MR) is 69.8 cm³/mol. The van der Waals surface area contributed by atoms with Gasteiger partial charge in [0.15, 0.2) is 17.5 Å². The molecule has 7 heteroatoms. The SMILES string of the molecule is CCOC(=O)c1cncc(Nc2ccc(F)c(F)c2F)c1. The minimum atomic E-state index is -1.57. The second-order valence-corrected chi connectivity index (χ2v) is 4.03. The molecule has 0 saturated carbocycles. The van der Waals surface area contributed by atoms with Crippen LogP contribution < -0.4 is 5.32 Å². The van der Waals surface area contributed by atoms with E-state index in [4.69, 9.17) is 4.74 Å². The molecule has 1 N–H and O–H groups in total. The smallest absolute Gasteiger partial charge is 0.339 e. The molecule has 0 spiro atoms. The van der Waals surface area contributed by atoms with Crippen LogP contribution in [0.2, 0.25) is 0 Å². The Morgan fingerprint density at radius 3 is 2.71 bits per heavy atom. The van der Waals surface area contributed by atoms with Crippen molar-refractivity contribution in [2.75, 3.05) is 11.9 Å². The van der Waals surface area contributed by atoms with Gasteiger partial charge in [-0.05, 0) is 25.1 Å². The monoisotopic (exact) mass is 296 g/mol. The molecule has 21 heavy (non-hydrogen) atoms. The molecule has 1 heterocycles. The van der Waals surface area contributed by atoms with Crippen molar-refractivity contribution in [2.45, 2.75) is 6.92 Å². The maximum Gasteiger partial charge on any atom is 0.339 e. The first kappa shape index (κ1) is 14.8. The fourth-order valence-corrected chi connectivity index (χ4v) is 1.61. The van der Waals surface area contributed by atoms with Gasteiger partial charge in [0.25, 0.3) is 0 Å². The van der Waals surface area contributed by atoms with Crippen LogP contribution in [0.5, 0.6) is 0 Å². The number of benzene rings is 1. The zero-order valence-electron chi connectivity index (χ0n) is 11.0. The number of carbonyl (C=O) groups is 1. The number of anilines is 2. The highest BCUT2D eigenvalue weighted by Gasteiger charge is 2.14. The standard InChI is InChI=1S/C14H11F3N2O2/c1-2-21-14(20)8-5-9(7-18-6-8)19-11-4-3-10(15)12(16)13(11)17/h3-7,19H,2H2,1H3. The van der Waals surface area contributed by atoms with Crippen molar-refractivity contribution in [3.8, 4) is 0 Å². The molecule has 0 atom stereocenters. The summed E-state index contributed by atoms with van der Waals surface area (Å²) in [6.45, 7) is 1.86. The summed E-state index contributed by atoms with van der Waals surface area (Å²) in [4.78, 5) is 15.3. The van der Waals surface area contributed by atoms with Crippen molar-refractivity contribution < 1.29 is 22.7 Å². The third-order valence-electron chi connectivity index (χ3n) is 2.56. The normalized spacial score (nSPS) is 10.3. The number of ether oxygens (including phenoxy) is 1. The lowest BCUT2D eigenvalue weighted by molar-refractivity contribution is 0.0526. The number of halogens is 3. The number of rotatable bonds is 4. The highest BCUT2D eigenvalue weighted by atomic mass is 19.2. The molecule has 0 saturated heterocycles. The number of aromatic nitrogens is 1. The third-order valence-corrected chi connectivity index (χ3v) is 2.56. The minimum Gasteiger partial charge on any atom is -0.462 e. The summed E-state index contributed by atoms with van der Waals surface area (Å²) in [5, 5.41) is 2.53. The van der Waals surface area contributed by atoms with Gasteiger partial charge in [0.2, 0.25) is 0 Å². The first-order valence-electron chi connectivity index (χ1n) is 6.05. The topological polar surface area (TPSA) is 51.2 Å². The zero-order chi connectivity index (χ0) is 15.4. The van der Waals surface area contributed by atoms with Gasteiger partial charge < -0.3 is 10.1 Å². The second-order valence-electron chi connectivity index (χ2n) is 4.03. The molecule has 2 aromatic rings. The molecule has 2 rings (SSSR count). The Morgan fingerprint density at radius 2 is 2.00 bits per heavy atom. The van der Waals surface area contributed by atoms with Crippen LogP contribution in [0.1, 0.15) is 17.3 Å². The van der Waals surface area contributed by atoms with E-state index in [1.54, 1.807) is 6.92 Å². The van der Waals surface area contributed by atoms with E-state index in [1.807, 2.05) is 0 Å². The fourth-order valence-electron chi connectivity index (χ4n) is 1.61. The summed E-state index contributed by atoms with van der Waals surface area (Å²) in [5.74, 6) is -4.79. The number of hydrogen-bond acceptors (Lipinski definition) is 4. The summed E-state index contributed by atoms with van der Waals surface area (Å²) in [6.07, 6.45) is 2.59. The molecule has 0 aliphatic heterocycles. The van der Waals surface area contributed by atoms with Gasteiger partial charge in [-0.2, -0.15) is 0 Å². The van der Waals surface area contributed by atoms with Crippen LogP contribution in [0.15, 0.2) is 30.6 Å². The van der Waals surface area contributed by atoms with Gasteiger partial charge in [-0.3, -0.25) is 4.98 Å². The van der Waals surface area contributed by atoms with Crippen LogP contribution in [0.25, 0.3) is 0 Å². The molecule has 0 amide bonds. The Bertz CT molecular complexity index is 677. The van der Waals surface area contributed by atoms with Crippen LogP contribution >= 0.6 is 0 Å². The molecule has 0 aliphatic carbocycles. The molecular weight excluding hydrogens is 285 g/mol. The molecular formula is C14H11F3N2O2. The van der Waals surface area contributed by atoms with Gasteiger partial charge in [0.05, 0.1) is 29.7 Å². The van der Waals surface area contributed by atoms with E-state index in [0.717, 1.165) is 12.1 Å². The molecule has 110 valence electrons. The molecule has 0 bridgehead atoms. The van der Waals surface area contributed by atoms with Crippen molar-refractivity contribution in [2.24, 2.45) is 0 Å². The fraction of sp³-hybridized carbons (Fsp3) is 0.143. The molecule has 0 fully saturated rings. The van der Waals surface area contributed by atoms with Gasteiger partial charge in [0, 0.05) is 6.20 Å². The average Bonchev–Trinajstić information content (AvgIpc) is 2.48. The minimum absolute atomic E-state index is 0.157. The first-order chi connectivity index (χ1) is 10.0. The van der Waals surface area contributed by atoms with Crippen LogP contribution in [-0.4, -0.2) is 17.6 Å². The van der Waals surface area contributed by atoms with Gasteiger partial charge in [-0.1, -0.05) is 0 Å². The zero-order valence-corrected chi connectivity index (χ0v) is 11.0. The Kier molecular flexibility index (Phi) is 4.42. The predicted octanol–water partition coefficient (Wildman–Crippen LogP) is 3.42. The van der Waals surface area contributed by atoms with Crippen molar-refractivity contribution in [1.82, 2.24) is 4.98 Å². The van der Waals surface area contributed by atoms with Crippen molar-refractivity contribution in [3.05, 3.63) is 53.6 Å². The van der Waals surface area contributed by atoms with E-state index < -0.39 is 23.4 Å². The number of hydrogen-bond donors (Lipinski definition) is 1. The Balaban J connectivity index is 2.26. The average molecular weight is 296 g/mol. The Labute approximate surface area is 118 Å². The maximum atomic E-state index is 13.5. The number of carbonyl (C=O) groups excluding carboxylic acids is 1. The van der Waals surface area contributed by atoms with Gasteiger partial charge in [-0.15, -0.1) is 0 Å². The lowest BCUT2D eigenvalue weighted by Crippen LogP contribution is -2.06. The molecule has 1 aromatic heterocycles. The number of pyridine rings is 1. The van der Waals surface area contributed by atoms with E-state index in [9.17, 15) is 18.0 Å². The molecule has 4 nitrogen and oxygen atoms in total. The van der Waals surface area contributed by atoms with E-state index >= 15 is 0 Å². The highest BCUT2D eigenvalue weighted by molar-refractivity contribution is 5.90. The quantitative estimate of drug-likeness (QED) is 0.694. The summed E-state index contributed by atoms with van der Waals surface area (Å²) >= 11 is 0. The molecule has 0 aliphatic rings. The number of esters is 1. The van der Waals surface area contributed by atoms with E-state index in [1.165, 1.54) is 18.5 Å². The summed E-state index contributed by atoms with van der Waals surface area (Å²) in [6, 6.07) is 3.21. The largest absolute Gasteiger partial charge is 0.462 e. The van der Waals surface area contributed by atoms with Crippen LogP contribution in [0.4, 0.5) is 24.5 Å². The van der Waals surface area contributed by atoms with Crippen LogP contribution in [0.3, 0.4) is 0 Å². The van der Waals surface area contributed by atoms with E-state index in [2.05, 4.69) is 10.3 Å². The van der Waals surface area contributed by atoms with Crippen molar-refractivity contribution >= 4 is 17.3 Å². The van der Waals surface area contributed by atoms with Gasteiger partial charge in [0.1, 0.15) is 0 Å². The van der Waals surface area contributed by atoms with Gasteiger partial charge >= 0.3 is 5.97 Å². The number of nitrogens with zero attached hydrogens (tertiary/aromatic N) is 1. The maximum absolute atomic E-state index is 13.5.